The molecule has 1 rings (SSSR count). The van der Waals surface area contributed by atoms with Crippen molar-refractivity contribution in [1.29, 1.82) is 0 Å². The maximum Gasteiger partial charge on any atom is 0.303 e. The predicted molar refractivity (Wildman–Crippen MR) is 40.2 cm³/mol. The van der Waals surface area contributed by atoms with Crippen LogP contribution < -0.4 is 0 Å². The summed E-state index contributed by atoms with van der Waals surface area (Å²) in [6.45, 7) is 0. The van der Waals surface area contributed by atoms with Crippen LogP contribution in [0.4, 0.5) is 0 Å². The first kappa shape index (κ1) is 7.85. The van der Waals surface area contributed by atoms with Crippen LogP contribution in [-0.4, -0.2) is 16.2 Å². The predicted octanol–water partition coefficient (Wildman–Crippen LogP) is 1.48. The summed E-state index contributed by atoms with van der Waals surface area (Å²) in [5.74, 6) is -0.524. The van der Waals surface area contributed by atoms with Gasteiger partial charge < -0.3 is 10.2 Å². The molecule has 0 fully saturated rings. The molecule has 1 aliphatic carbocycles. The molecule has 2 N–H and O–H groups in total. The number of carbonyl (C=O) groups is 1. The van der Waals surface area contributed by atoms with Gasteiger partial charge in [-0.3, -0.25) is 4.79 Å². The molecule has 60 valence electrons. The zero-order valence-electron chi connectivity index (χ0n) is 6.03. The molecular formula is C8H10O3. The van der Waals surface area contributed by atoms with E-state index >= 15 is 0 Å². The molecule has 1 aliphatic rings. The SMILES string of the molecule is O=C(O)CC1C=CC(O)=CC1. The van der Waals surface area contributed by atoms with E-state index in [9.17, 15) is 4.79 Å². The second-order valence-electron chi connectivity index (χ2n) is 2.58. The third-order valence-electron chi connectivity index (χ3n) is 1.61. The molecule has 3 heteroatoms. The van der Waals surface area contributed by atoms with E-state index in [0.29, 0.717) is 6.42 Å². The Morgan fingerprint density at radius 3 is 2.91 bits per heavy atom. The molecule has 0 spiro atoms. The van der Waals surface area contributed by atoms with Crippen molar-refractivity contribution >= 4 is 5.97 Å². The first-order valence-corrected chi connectivity index (χ1v) is 3.47. The Bertz CT molecular complexity index is 215. The van der Waals surface area contributed by atoms with Gasteiger partial charge in [0, 0.05) is 0 Å². The molecule has 0 bridgehead atoms. The van der Waals surface area contributed by atoms with Crippen molar-refractivity contribution in [2.45, 2.75) is 12.8 Å². The molecule has 1 unspecified atom stereocenters. The molecule has 0 aromatic carbocycles. The van der Waals surface area contributed by atoms with Gasteiger partial charge in [-0.25, -0.2) is 0 Å². The van der Waals surface area contributed by atoms with Gasteiger partial charge >= 0.3 is 5.97 Å². The lowest BCUT2D eigenvalue weighted by Crippen LogP contribution is -2.06. The lowest BCUT2D eigenvalue weighted by molar-refractivity contribution is -0.137. The van der Waals surface area contributed by atoms with Crippen molar-refractivity contribution in [3.63, 3.8) is 0 Å². The average Bonchev–Trinajstić information content (AvgIpc) is 1.93. The van der Waals surface area contributed by atoms with Crippen molar-refractivity contribution in [3.8, 4) is 0 Å². The third-order valence-corrected chi connectivity index (χ3v) is 1.61. The van der Waals surface area contributed by atoms with Crippen LogP contribution in [0.3, 0.4) is 0 Å². The first-order valence-electron chi connectivity index (χ1n) is 3.47. The molecule has 0 aliphatic heterocycles. The number of allylic oxidation sites excluding steroid dienone is 3. The Morgan fingerprint density at radius 2 is 2.45 bits per heavy atom. The quantitative estimate of drug-likeness (QED) is 0.633. The van der Waals surface area contributed by atoms with E-state index in [2.05, 4.69) is 0 Å². The number of aliphatic hydroxyl groups is 1. The van der Waals surface area contributed by atoms with E-state index in [4.69, 9.17) is 10.2 Å². The minimum Gasteiger partial charge on any atom is -0.508 e. The van der Waals surface area contributed by atoms with Crippen molar-refractivity contribution in [2.75, 3.05) is 0 Å². The Morgan fingerprint density at radius 1 is 1.73 bits per heavy atom. The van der Waals surface area contributed by atoms with Gasteiger partial charge in [-0.05, 0) is 24.5 Å². The first-order chi connectivity index (χ1) is 5.18. The molecule has 0 aromatic rings. The molecule has 0 saturated carbocycles. The van der Waals surface area contributed by atoms with Crippen molar-refractivity contribution in [3.05, 3.63) is 24.0 Å². The topological polar surface area (TPSA) is 57.5 Å². The normalized spacial score (nSPS) is 22.9. The number of carboxylic acids is 1. The molecule has 0 aromatic heterocycles. The highest BCUT2D eigenvalue weighted by atomic mass is 16.4. The molecule has 11 heavy (non-hydrogen) atoms. The Hall–Kier alpha value is -1.25. The van der Waals surface area contributed by atoms with Gasteiger partial charge in [-0.15, -0.1) is 0 Å². The van der Waals surface area contributed by atoms with Gasteiger partial charge in [0.15, 0.2) is 0 Å². The summed E-state index contributed by atoms with van der Waals surface area (Å²) >= 11 is 0. The van der Waals surface area contributed by atoms with E-state index < -0.39 is 5.97 Å². The minimum atomic E-state index is -0.797. The number of rotatable bonds is 2. The van der Waals surface area contributed by atoms with Crippen LogP contribution in [0, 0.1) is 5.92 Å². The standard InChI is InChI=1S/C8H10O3/c9-7-3-1-6(2-4-7)5-8(10)11/h1,3-4,6,9H,2,5H2,(H,10,11). The van der Waals surface area contributed by atoms with Crippen LogP contribution in [-0.2, 0) is 4.79 Å². The number of aliphatic carboxylic acids is 1. The van der Waals surface area contributed by atoms with Crippen LogP contribution in [0.2, 0.25) is 0 Å². The monoisotopic (exact) mass is 154 g/mol. The van der Waals surface area contributed by atoms with Crippen LogP contribution in [0.1, 0.15) is 12.8 Å². The Kier molecular flexibility index (Phi) is 2.31. The second kappa shape index (κ2) is 3.23. The van der Waals surface area contributed by atoms with Gasteiger partial charge in [0.2, 0.25) is 0 Å². The van der Waals surface area contributed by atoms with Crippen molar-refractivity contribution in [1.82, 2.24) is 0 Å². The van der Waals surface area contributed by atoms with E-state index in [1.165, 1.54) is 6.08 Å². The molecule has 0 heterocycles. The summed E-state index contributed by atoms with van der Waals surface area (Å²) < 4.78 is 0. The van der Waals surface area contributed by atoms with Crippen LogP contribution in [0.15, 0.2) is 24.0 Å². The zero-order valence-corrected chi connectivity index (χ0v) is 6.03. The number of aliphatic hydroxyl groups excluding tert-OH is 1. The van der Waals surface area contributed by atoms with Crippen molar-refractivity contribution in [2.24, 2.45) is 5.92 Å². The molecular weight excluding hydrogens is 144 g/mol. The summed E-state index contributed by atoms with van der Waals surface area (Å²) in [5, 5.41) is 17.3. The highest BCUT2D eigenvalue weighted by Crippen LogP contribution is 2.17. The summed E-state index contributed by atoms with van der Waals surface area (Å²) in [5.41, 5.74) is 0. The largest absolute Gasteiger partial charge is 0.508 e. The fourth-order valence-corrected chi connectivity index (χ4v) is 1.03. The lowest BCUT2D eigenvalue weighted by Gasteiger charge is -2.10. The zero-order chi connectivity index (χ0) is 8.27. The van der Waals surface area contributed by atoms with Gasteiger partial charge in [-0.2, -0.15) is 0 Å². The molecule has 0 amide bonds. The number of carboxylic acid groups (broad SMARTS) is 1. The Labute approximate surface area is 64.7 Å². The van der Waals surface area contributed by atoms with Gasteiger partial charge in [0.25, 0.3) is 0 Å². The van der Waals surface area contributed by atoms with Gasteiger partial charge in [0.05, 0.1) is 6.42 Å². The second-order valence-corrected chi connectivity index (χ2v) is 2.58. The summed E-state index contributed by atoms with van der Waals surface area (Å²) in [6, 6.07) is 0. The molecule has 0 radical (unpaired) electrons. The molecule has 1 atom stereocenters. The highest BCUT2D eigenvalue weighted by Gasteiger charge is 2.11. The third kappa shape index (κ3) is 2.45. The van der Waals surface area contributed by atoms with E-state index in [-0.39, 0.29) is 18.1 Å². The number of hydrogen-bond donors (Lipinski definition) is 2. The van der Waals surface area contributed by atoms with E-state index in [0.717, 1.165) is 0 Å². The molecule has 3 nitrogen and oxygen atoms in total. The van der Waals surface area contributed by atoms with Crippen molar-refractivity contribution < 1.29 is 15.0 Å². The number of hydrogen-bond acceptors (Lipinski definition) is 2. The fraction of sp³-hybridized carbons (Fsp3) is 0.375. The van der Waals surface area contributed by atoms with Crippen LogP contribution in [0.25, 0.3) is 0 Å². The fourth-order valence-electron chi connectivity index (χ4n) is 1.03. The smallest absolute Gasteiger partial charge is 0.303 e. The summed E-state index contributed by atoms with van der Waals surface area (Å²) in [6.07, 6.45) is 5.66. The average molecular weight is 154 g/mol. The maximum atomic E-state index is 10.2. The minimum absolute atomic E-state index is 0.0448. The Balaban J connectivity index is 2.43. The van der Waals surface area contributed by atoms with Crippen LogP contribution in [0.5, 0.6) is 0 Å². The van der Waals surface area contributed by atoms with Crippen LogP contribution >= 0.6 is 0 Å². The van der Waals surface area contributed by atoms with E-state index in [1.54, 1.807) is 12.2 Å². The highest BCUT2D eigenvalue weighted by molar-refractivity contribution is 5.67. The maximum absolute atomic E-state index is 10.2. The summed E-state index contributed by atoms with van der Waals surface area (Å²) in [7, 11) is 0. The van der Waals surface area contributed by atoms with Gasteiger partial charge in [-0.1, -0.05) is 6.08 Å². The summed E-state index contributed by atoms with van der Waals surface area (Å²) in [4.78, 5) is 10.2. The van der Waals surface area contributed by atoms with Gasteiger partial charge in [0.1, 0.15) is 5.76 Å². The molecule has 0 saturated heterocycles. The van der Waals surface area contributed by atoms with E-state index in [1.807, 2.05) is 0 Å². The lowest BCUT2D eigenvalue weighted by atomic mass is 9.97.